The second-order valence-corrected chi connectivity index (χ2v) is 9.54. The topological polar surface area (TPSA) is 86.9 Å². The molecule has 3 aliphatic rings. The van der Waals surface area contributed by atoms with E-state index in [9.17, 15) is 13.2 Å². The first-order chi connectivity index (χ1) is 11.2. The van der Waals surface area contributed by atoms with Crippen LogP contribution in [-0.2, 0) is 14.8 Å². The van der Waals surface area contributed by atoms with Crippen molar-refractivity contribution < 1.29 is 13.2 Å². The van der Waals surface area contributed by atoms with Gasteiger partial charge < -0.3 is 10.6 Å². The molecule has 2 bridgehead atoms. The minimum Gasteiger partial charge on any atom is -0.368 e. The van der Waals surface area contributed by atoms with Crippen LogP contribution in [0.4, 0.5) is 0 Å². The van der Waals surface area contributed by atoms with Crippen molar-refractivity contribution in [2.45, 2.75) is 49.7 Å². The van der Waals surface area contributed by atoms with Crippen LogP contribution in [0.15, 0.2) is 0 Å². The van der Waals surface area contributed by atoms with Gasteiger partial charge in [-0.25, -0.2) is 12.7 Å². The zero-order chi connectivity index (χ0) is 17.5. The summed E-state index contributed by atoms with van der Waals surface area (Å²) in [5, 5.41) is 0. The summed E-state index contributed by atoms with van der Waals surface area (Å²) < 4.78 is 24.9. The van der Waals surface area contributed by atoms with E-state index in [-0.39, 0.29) is 11.9 Å². The quantitative estimate of drug-likeness (QED) is 0.701. The number of nitrogens with zero attached hydrogens (tertiary/aromatic N) is 3. The summed E-state index contributed by atoms with van der Waals surface area (Å²) in [4.78, 5) is 16.6. The molecule has 0 spiro atoms. The average Bonchev–Trinajstić information content (AvgIpc) is 3.07. The zero-order valence-electron chi connectivity index (χ0n) is 14.6. The Labute approximate surface area is 145 Å². The lowest BCUT2D eigenvalue weighted by Crippen LogP contribution is -2.59. The van der Waals surface area contributed by atoms with Crippen molar-refractivity contribution in [2.75, 3.05) is 39.5 Å². The lowest BCUT2D eigenvalue weighted by atomic mass is 9.87. The first-order valence-corrected chi connectivity index (χ1v) is 10.6. The van der Waals surface area contributed by atoms with Gasteiger partial charge in [-0.3, -0.25) is 9.69 Å². The third kappa shape index (κ3) is 3.21. The monoisotopic (exact) mass is 357 g/mol. The van der Waals surface area contributed by atoms with Gasteiger partial charge in [0.05, 0.1) is 6.26 Å². The fraction of sp³-hybridized carbons (Fsp3) is 0.875. The summed E-state index contributed by atoms with van der Waals surface area (Å²) in [6.07, 6.45) is 8.03. The van der Waals surface area contributed by atoms with Gasteiger partial charge in [0.25, 0.3) is 0 Å². The van der Waals surface area contributed by atoms with Crippen LogP contribution in [0, 0.1) is 6.42 Å². The van der Waals surface area contributed by atoms with Gasteiger partial charge in [-0.05, 0) is 45.6 Å². The minimum atomic E-state index is -3.10. The van der Waals surface area contributed by atoms with Crippen molar-refractivity contribution in [1.82, 2.24) is 14.1 Å². The molecule has 1 amide bonds. The first kappa shape index (κ1) is 18.1. The Morgan fingerprint density at radius 1 is 1.42 bits per heavy atom. The molecule has 2 N–H and O–H groups in total. The van der Waals surface area contributed by atoms with Crippen LogP contribution in [0.2, 0.25) is 0 Å². The molecule has 0 aromatic rings. The first-order valence-electron chi connectivity index (χ1n) is 8.78. The number of likely N-dealkylation sites (N-methyl/N-ethyl adjacent to an activating group) is 1. The van der Waals surface area contributed by atoms with Crippen LogP contribution >= 0.6 is 0 Å². The van der Waals surface area contributed by atoms with Crippen molar-refractivity contribution >= 4 is 15.9 Å². The van der Waals surface area contributed by atoms with Crippen LogP contribution in [0.1, 0.15) is 32.1 Å². The molecule has 1 radical (unpaired) electrons. The van der Waals surface area contributed by atoms with Gasteiger partial charge in [-0.15, -0.1) is 0 Å². The Kier molecular flexibility index (Phi) is 4.94. The van der Waals surface area contributed by atoms with Gasteiger partial charge in [0.15, 0.2) is 0 Å². The summed E-state index contributed by atoms with van der Waals surface area (Å²) in [7, 11) is -1.06. The van der Waals surface area contributed by atoms with Crippen molar-refractivity contribution in [2.24, 2.45) is 5.73 Å². The van der Waals surface area contributed by atoms with E-state index in [1.807, 2.05) is 7.05 Å². The number of carbonyl (C=O) groups is 1. The van der Waals surface area contributed by atoms with Gasteiger partial charge in [-0.1, -0.05) is 0 Å². The number of piperidine rings is 1. The number of carbonyl (C=O) groups excluding carboxylic acids is 1. The molecule has 0 unspecified atom stereocenters. The lowest BCUT2D eigenvalue weighted by Gasteiger charge is -2.43. The number of fused-ring (bicyclic) bond motifs is 2. The molecule has 7 nitrogen and oxygen atoms in total. The summed E-state index contributed by atoms with van der Waals surface area (Å²) in [5.41, 5.74) is 5.25. The molecule has 3 saturated heterocycles. The molecular formula is C16H29N4O3S. The maximum atomic E-state index is 12.1. The van der Waals surface area contributed by atoms with Crippen molar-refractivity contribution in [3.05, 3.63) is 6.42 Å². The van der Waals surface area contributed by atoms with E-state index in [1.54, 1.807) is 4.31 Å². The van der Waals surface area contributed by atoms with Gasteiger partial charge in [0.1, 0.15) is 5.54 Å². The molecule has 8 heteroatoms. The summed E-state index contributed by atoms with van der Waals surface area (Å²) in [6.45, 7) is 2.80. The van der Waals surface area contributed by atoms with E-state index < -0.39 is 15.6 Å². The lowest BCUT2D eigenvalue weighted by molar-refractivity contribution is -0.130. The number of hydrogen-bond acceptors (Lipinski definition) is 5. The molecule has 3 rings (SSSR count). The number of rotatable bonds is 6. The van der Waals surface area contributed by atoms with E-state index in [4.69, 9.17) is 5.73 Å². The average molecular weight is 358 g/mol. The molecule has 3 aliphatic heterocycles. The van der Waals surface area contributed by atoms with Crippen LogP contribution in [0.3, 0.4) is 0 Å². The van der Waals surface area contributed by atoms with Crippen LogP contribution in [0.25, 0.3) is 0 Å². The highest BCUT2D eigenvalue weighted by atomic mass is 32.2. The number of hydrogen-bond donors (Lipinski definition) is 1. The van der Waals surface area contributed by atoms with Crippen LogP contribution < -0.4 is 5.73 Å². The molecule has 137 valence electrons. The fourth-order valence-electron chi connectivity index (χ4n) is 4.61. The highest BCUT2D eigenvalue weighted by Gasteiger charge is 2.52. The Morgan fingerprint density at radius 2 is 2.17 bits per heavy atom. The molecule has 0 aromatic heterocycles. The molecule has 3 heterocycles. The van der Waals surface area contributed by atoms with Gasteiger partial charge in [0.2, 0.25) is 15.9 Å². The fourth-order valence-corrected chi connectivity index (χ4v) is 5.49. The van der Waals surface area contributed by atoms with Gasteiger partial charge in [0, 0.05) is 38.3 Å². The number of amides is 1. The molecule has 0 saturated carbocycles. The third-order valence-electron chi connectivity index (χ3n) is 6.17. The molecule has 3 fully saturated rings. The van der Waals surface area contributed by atoms with Crippen molar-refractivity contribution in [3.63, 3.8) is 0 Å². The van der Waals surface area contributed by atoms with E-state index in [1.165, 1.54) is 6.26 Å². The normalized spacial score (nSPS) is 35.0. The molecule has 0 aromatic carbocycles. The van der Waals surface area contributed by atoms with E-state index in [2.05, 4.69) is 16.2 Å². The van der Waals surface area contributed by atoms with E-state index in [0.29, 0.717) is 19.1 Å². The summed E-state index contributed by atoms with van der Waals surface area (Å²) in [6, 6.07) is 0.675. The smallest absolute Gasteiger partial charge is 0.237 e. The van der Waals surface area contributed by atoms with E-state index in [0.717, 1.165) is 45.2 Å². The Balaban J connectivity index is 1.58. The van der Waals surface area contributed by atoms with Crippen LogP contribution in [-0.4, -0.2) is 85.5 Å². The van der Waals surface area contributed by atoms with Crippen LogP contribution in [0.5, 0.6) is 0 Å². The Hall–Kier alpha value is -0.700. The second kappa shape index (κ2) is 6.55. The molecule has 3 atom stereocenters. The molecular weight excluding hydrogens is 328 g/mol. The molecule has 24 heavy (non-hydrogen) atoms. The maximum absolute atomic E-state index is 12.1. The number of sulfonamides is 1. The zero-order valence-corrected chi connectivity index (χ0v) is 15.5. The predicted octanol–water partition coefficient (Wildman–Crippen LogP) is -0.361. The SMILES string of the molecule is CN(CCN1[C@@H]2C[CH]C[C@@]1(C(N)=O)CC2)[C@@H]1CCN(S(C)(=O)=O)C1. The van der Waals surface area contributed by atoms with Crippen molar-refractivity contribution in [3.8, 4) is 0 Å². The highest BCUT2D eigenvalue weighted by Crippen LogP contribution is 2.43. The number of primary amides is 1. The van der Waals surface area contributed by atoms with Crippen molar-refractivity contribution in [1.29, 1.82) is 0 Å². The highest BCUT2D eigenvalue weighted by molar-refractivity contribution is 7.88. The molecule has 0 aliphatic carbocycles. The standard InChI is InChI=1S/C16H29N4O3S/c1-18(14-6-9-19(12-14)24(2,22)23)10-11-20-13-4-3-7-16(20,8-5-13)15(17)21/h3,13-14H,4-12H2,1-2H3,(H2,17,21)/t13-,14-,16+/m1/s1. The second-order valence-electron chi connectivity index (χ2n) is 7.55. The van der Waals surface area contributed by atoms with Gasteiger partial charge in [-0.2, -0.15) is 0 Å². The largest absolute Gasteiger partial charge is 0.368 e. The van der Waals surface area contributed by atoms with Gasteiger partial charge >= 0.3 is 0 Å². The maximum Gasteiger partial charge on any atom is 0.237 e. The Morgan fingerprint density at radius 3 is 2.79 bits per heavy atom. The number of nitrogens with two attached hydrogens (primary N) is 1. The summed E-state index contributed by atoms with van der Waals surface area (Å²) in [5.74, 6) is -0.201. The minimum absolute atomic E-state index is 0.201. The third-order valence-corrected chi connectivity index (χ3v) is 7.44. The van der Waals surface area contributed by atoms with E-state index >= 15 is 0 Å². The predicted molar refractivity (Wildman–Crippen MR) is 92.6 cm³/mol. The summed E-state index contributed by atoms with van der Waals surface area (Å²) >= 11 is 0. The Bertz CT molecular complexity index is 592.